The SMILES string of the molecule is CCN(CC)C(=O)c1nn(C(C)=O)c2cc(F)c(F)cc12. The van der Waals surface area contributed by atoms with Gasteiger partial charge in [0.15, 0.2) is 17.3 Å². The van der Waals surface area contributed by atoms with Crippen molar-refractivity contribution >= 4 is 22.7 Å². The molecule has 2 rings (SSSR count). The van der Waals surface area contributed by atoms with Gasteiger partial charge in [-0.05, 0) is 19.9 Å². The van der Waals surface area contributed by atoms with Gasteiger partial charge in [-0.15, -0.1) is 0 Å². The van der Waals surface area contributed by atoms with Crippen LogP contribution in [0.15, 0.2) is 12.1 Å². The van der Waals surface area contributed by atoms with E-state index in [1.807, 2.05) is 0 Å². The number of hydrogen-bond donors (Lipinski definition) is 0. The van der Waals surface area contributed by atoms with Crippen LogP contribution in [0, 0.1) is 11.6 Å². The van der Waals surface area contributed by atoms with Gasteiger partial charge < -0.3 is 4.90 Å². The lowest BCUT2D eigenvalue weighted by Gasteiger charge is -2.17. The predicted octanol–water partition coefficient (Wildman–Crippen LogP) is 2.46. The molecule has 2 aromatic rings. The Bertz CT molecular complexity index is 721. The molecular formula is C14H15F2N3O2. The first-order valence-electron chi connectivity index (χ1n) is 6.58. The van der Waals surface area contributed by atoms with E-state index in [0.717, 1.165) is 16.8 Å². The Morgan fingerprint density at radius 3 is 2.29 bits per heavy atom. The number of nitrogens with zero attached hydrogens (tertiary/aromatic N) is 3. The van der Waals surface area contributed by atoms with Crippen molar-refractivity contribution in [2.75, 3.05) is 13.1 Å². The molecule has 0 unspecified atom stereocenters. The van der Waals surface area contributed by atoms with E-state index in [9.17, 15) is 18.4 Å². The van der Waals surface area contributed by atoms with Gasteiger partial charge in [0.25, 0.3) is 5.91 Å². The number of aromatic nitrogens is 2. The Kier molecular flexibility index (Phi) is 4.02. The first-order chi connectivity index (χ1) is 9.90. The van der Waals surface area contributed by atoms with Crippen molar-refractivity contribution in [2.45, 2.75) is 20.8 Å². The lowest BCUT2D eigenvalue weighted by Crippen LogP contribution is -2.31. The van der Waals surface area contributed by atoms with E-state index in [0.29, 0.717) is 13.1 Å². The van der Waals surface area contributed by atoms with Crippen LogP contribution in [0.25, 0.3) is 10.9 Å². The molecule has 0 fully saturated rings. The van der Waals surface area contributed by atoms with Crippen molar-refractivity contribution in [1.82, 2.24) is 14.7 Å². The van der Waals surface area contributed by atoms with Gasteiger partial charge in [-0.2, -0.15) is 9.78 Å². The molecular weight excluding hydrogens is 280 g/mol. The molecule has 0 saturated heterocycles. The van der Waals surface area contributed by atoms with Crippen LogP contribution in [0.1, 0.15) is 36.1 Å². The number of fused-ring (bicyclic) bond motifs is 1. The van der Waals surface area contributed by atoms with Crippen LogP contribution >= 0.6 is 0 Å². The summed E-state index contributed by atoms with van der Waals surface area (Å²) in [6, 6.07) is 1.77. The van der Waals surface area contributed by atoms with Crippen LogP contribution in [-0.4, -0.2) is 39.6 Å². The number of carbonyl (C=O) groups is 2. The van der Waals surface area contributed by atoms with E-state index in [4.69, 9.17) is 0 Å². The van der Waals surface area contributed by atoms with Crippen molar-refractivity contribution in [3.8, 4) is 0 Å². The molecule has 0 spiro atoms. The number of rotatable bonds is 3. The number of amides is 1. The van der Waals surface area contributed by atoms with Crippen LogP contribution in [0.5, 0.6) is 0 Å². The van der Waals surface area contributed by atoms with Crippen LogP contribution < -0.4 is 0 Å². The van der Waals surface area contributed by atoms with Crippen molar-refractivity contribution in [3.05, 3.63) is 29.5 Å². The fourth-order valence-electron chi connectivity index (χ4n) is 2.17. The molecule has 0 aliphatic heterocycles. The summed E-state index contributed by atoms with van der Waals surface area (Å²) in [6.07, 6.45) is 0. The second-order valence-corrected chi connectivity index (χ2v) is 4.54. The highest BCUT2D eigenvalue weighted by molar-refractivity contribution is 6.06. The van der Waals surface area contributed by atoms with Gasteiger partial charge in [0, 0.05) is 31.5 Å². The highest BCUT2D eigenvalue weighted by Crippen LogP contribution is 2.23. The monoisotopic (exact) mass is 295 g/mol. The molecule has 0 bridgehead atoms. The third-order valence-corrected chi connectivity index (χ3v) is 3.27. The second-order valence-electron chi connectivity index (χ2n) is 4.54. The molecule has 5 nitrogen and oxygen atoms in total. The molecule has 0 N–H and O–H groups in total. The smallest absolute Gasteiger partial charge is 0.275 e. The summed E-state index contributed by atoms with van der Waals surface area (Å²) in [5.41, 5.74) is 0.0275. The number of hydrogen-bond acceptors (Lipinski definition) is 3. The second kappa shape index (κ2) is 5.59. The van der Waals surface area contributed by atoms with E-state index >= 15 is 0 Å². The van der Waals surface area contributed by atoms with E-state index in [-0.39, 0.29) is 16.6 Å². The van der Waals surface area contributed by atoms with Gasteiger partial charge in [-0.25, -0.2) is 8.78 Å². The zero-order valence-corrected chi connectivity index (χ0v) is 12.0. The summed E-state index contributed by atoms with van der Waals surface area (Å²) < 4.78 is 27.7. The first-order valence-corrected chi connectivity index (χ1v) is 6.58. The van der Waals surface area contributed by atoms with Crippen molar-refractivity contribution < 1.29 is 18.4 Å². The lowest BCUT2D eigenvalue weighted by molar-refractivity contribution is 0.0768. The normalized spacial score (nSPS) is 10.9. The highest BCUT2D eigenvalue weighted by atomic mass is 19.2. The molecule has 0 aliphatic rings. The van der Waals surface area contributed by atoms with Crippen molar-refractivity contribution in [1.29, 1.82) is 0 Å². The van der Waals surface area contributed by atoms with Crippen LogP contribution in [0.2, 0.25) is 0 Å². The molecule has 0 atom stereocenters. The van der Waals surface area contributed by atoms with Gasteiger partial charge in [0.2, 0.25) is 5.91 Å². The van der Waals surface area contributed by atoms with Gasteiger partial charge in [-0.3, -0.25) is 9.59 Å². The summed E-state index contributed by atoms with van der Waals surface area (Å²) in [5, 5.41) is 4.06. The molecule has 1 aromatic carbocycles. The highest BCUT2D eigenvalue weighted by Gasteiger charge is 2.23. The van der Waals surface area contributed by atoms with E-state index < -0.39 is 23.4 Å². The van der Waals surface area contributed by atoms with Crippen molar-refractivity contribution in [3.63, 3.8) is 0 Å². The van der Waals surface area contributed by atoms with Gasteiger partial charge in [0.1, 0.15) is 0 Å². The molecule has 7 heteroatoms. The zero-order valence-electron chi connectivity index (χ0n) is 12.0. The van der Waals surface area contributed by atoms with Crippen LogP contribution in [0.3, 0.4) is 0 Å². The zero-order chi connectivity index (χ0) is 15.7. The predicted molar refractivity (Wildman–Crippen MR) is 73.2 cm³/mol. The minimum atomic E-state index is -1.09. The minimum absolute atomic E-state index is 0.0530. The van der Waals surface area contributed by atoms with Gasteiger partial charge in [0.05, 0.1) is 5.52 Å². The average Bonchev–Trinajstić information content (AvgIpc) is 2.79. The van der Waals surface area contributed by atoms with Crippen molar-refractivity contribution in [2.24, 2.45) is 0 Å². The summed E-state index contributed by atoms with van der Waals surface area (Å²) in [5.74, 6) is -3.08. The number of carbonyl (C=O) groups excluding carboxylic acids is 2. The van der Waals surface area contributed by atoms with E-state index in [1.165, 1.54) is 11.8 Å². The van der Waals surface area contributed by atoms with E-state index in [1.54, 1.807) is 13.8 Å². The lowest BCUT2D eigenvalue weighted by atomic mass is 10.2. The molecule has 112 valence electrons. The Balaban J connectivity index is 2.72. The molecule has 0 aliphatic carbocycles. The summed E-state index contributed by atoms with van der Waals surface area (Å²) in [4.78, 5) is 25.4. The molecule has 0 saturated carbocycles. The molecule has 1 aromatic heterocycles. The summed E-state index contributed by atoms with van der Waals surface area (Å²) in [6.45, 7) is 5.73. The minimum Gasteiger partial charge on any atom is -0.338 e. The molecule has 1 amide bonds. The maximum Gasteiger partial charge on any atom is 0.275 e. The largest absolute Gasteiger partial charge is 0.338 e. The standard InChI is InChI=1S/C14H15F2N3O2/c1-4-18(5-2)14(21)13-9-6-10(15)11(16)7-12(9)19(17-13)8(3)20/h6-7H,4-5H2,1-3H3. The first kappa shape index (κ1) is 15.1. The number of halogens is 2. The summed E-state index contributed by atoms with van der Waals surface area (Å²) in [7, 11) is 0. The fourth-order valence-corrected chi connectivity index (χ4v) is 2.17. The van der Waals surface area contributed by atoms with Gasteiger partial charge in [-0.1, -0.05) is 0 Å². The summed E-state index contributed by atoms with van der Waals surface area (Å²) >= 11 is 0. The van der Waals surface area contributed by atoms with Crippen LogP contribution in [0.4, 0.5) is 8.78 Å². The molecule has 1 heterocycles. The third kappa shape index (κ3) is 2.51. The van der Waals surface area contributed by atoms with E-state index in [2.05, 4.69) is 5.10 Å². The Labute approximate surface area is 120 Å². The van der Waals surface area contributed by atoms with Gasteiger partial charge >= 0.3 is 0 Å². The number of benzene rings is 1. The third-order valence-electron chi connectivity index (χ3n) is 3.27. The molecule has 0 radical (unpaired) electrons. The topological polar surface area (TPSA) is 55.2 Å². The fraction of sp³-hybridized carbons (Fsp3) is 0.357. The Morgan fingerprint density at radius 2 is 1.76 bits per heavy atom. The Hall–Kier alpha value is -2.31. The molecule has 21 heavy (non-hydrogen) atoms. The Morgan fingerprint density at radius 1 is 1.19 bits per heavy atom. The maximum atomic E-state index is 13.4. The quantitative estimate of drug-likeness (QED) is 0.874. The van der Waals surface area contributed by atoms with Crippen LogP contribution in [-0.2, 0) is 0 Å². The maximum absolute atomic E-state index is 13.4. The average molecular weight is 295 g/mol.